The maximum atomic E-state index is 13.2. The van der Waals surface area contributed by atoms with Gasteiger partial charge in [-0.3, -0.25) is 9.59 Å². The van der Waals surface area contributed by atoms with E-state index < -0.39 is 0 Å². The second-order valence-electron chi connectivity index (χ2n) is 7.85. The van der Waals surface area contributed by atoms with Gasteiger partial charge in [-0.05, 0) is 75.4 Å². The van der Waals surface area contributed by atoms with E-state index in [0.717, 1.165) is 41.9 Å². The molecule has 7 heteroatoms. The number of benzene rings is 2. The summed E-state index contributed by atoms with van der Waals surface area (Å²) in [6, 6.07) is 7.36. The molecule has 32 heavy (non-hydrogen) atoms. The van der Waals surface area contributed by atoms with Crippen molar-refractivity contribution in [2.75, 3.05) is 36.6 Å². The highest BCUT2D eigenvalue weighted by molar-refractivity contribution is 6.06. The fraction of sp³-hybridized carbons (Fsp3) is 0.440. The third-order valence-electron chi connectivity index (χ3n) is 5.70. The van der Waals surface area contributed by atoms with Crippen molar-refractivity contribution in [3.8, 4) is 17.2 Å². The van der Waals surface area contributed by atoms with Crippen LogP contribution in [0.4, 0.5) is 11.4 Å². The SMILES string of the molecule is CCOc1cc(C(=O)Nc2cc3c4c(c2)CCC(=O)N4CCC3)cc(OCC)c1OCC. The number of ether oxygens (including phenoxy) is 3. The minimum Gasteiger partial charge on any atom is -0.490 e. The summed E-state index contributed by atoms with van der Waals surface area (Å²) in [6.07, 6.45) is 3.05. The molecule has 0 saturated carbocycles. The molecule has 1 N–H and O–H groups in total. The summed E-state index contributed by atoms with van der Waals surface area (Å²) in [5.41, 5.74) is 4.46. The molecule has 2 aromatic carbocycles. The highest BCUT2D eigenvalue weighted by atomic mass is 16.5. The predicted octanol–water partition coefficient (Wildman–Crippen LogP) is 4.36. The number of nitrogens with zero attached hydrogens (tertiary/aromatic N) is 1. The number of carbonyl (C=O) groups is 2. The third-order valence-corrected chi connectivity index (χ3v) is 5.70. The van der Waals surface area contributed by atoms with Gasteiger partial charge in [0.2, 0.25) is 11.7 Å². The van der Waals surface area contributed by atoms with Gasteiger partial charge in [-0.1, -0.05) is 0 Å². The van der Waals surface area contributed by atoms with Gasteiger partial charge in [0, 0.05) is 24.2 Å². The predicted molar refractivity (Wildman–Crippen MR) is 123 cm³/mol. The molecule has 2 aliphatic heterocycles. The standard InChI is InChI=1S/C25H30N2O5/c1-4-30-20-14-18(15-21(31-5-2)24(20)32-6-3)25(29)26-19-12-16-8-7-11-27-22(28)10-9-17(13-19)23(16)27/h12-15H,4-11H2,1-3H3,(H,26,29). The number of hydrogen-bond donors (Lipinski definition) is 1. The normalized spacial score (nSPS) is 14.6. The van der Waals surface area contributed by atoms with Gasteiger partial charge in [-0.25, -0.2) is 0 Å². The average molecular weight is 439 g/mol. The molecule has 0 bridgehead atoms. The van der Waals surface area contributed by atoms with Crippen LogP contribution in [0.15, 0.2) is 24.3 Å². The van der Waals surface area contributed by atoms with Crippen molar-refractivity contribution in [2.24, 2.45) is 0 Å². The highest BCUT2D eigenvalue weighted by Gasteiger charge is 2.30. The fourth-order valence-corrected chi connectivity index (χ4v) is 4.45. The van der Waals surface area contributed by atoms with Gasteiger partial charge < -0.3 is 24.4 Å². The first kappa shape index (κ1) is 22.0. The second-order valence-corrected chi connectivity index (χ2v) is 7.85. The van der Waals surface area contributed by atoms with Gasteiger partial charge in [0.05, 0.1) is 25.5 Å². The van der Waals surface area contributed by atoms with Crippen molar-refractivity contribution in [3.63, 3.8) is 0 Å². The lowest BCUT2D eigenvalue weighted by Crippen LogP contribution is -2.39. The summed E-state index contributed by atoms with van der Waals surface area (Å²) in [7, 11) is 0. The average Bonchev–Trinajstić information content (AvgIpc) is 2.78. The lowest BCUT2D eigenvalue weighted by Gasteiger charge is -2.35. The van der Waals surface area contributed by atoms with E-state index in [2.05, 4.69) is 5.32 Å². The van der Waals surface area contributed by atoms with E-state index in [1.807, 2.05) is 37.8 Å². The van der Waals surface area contributed by atoms with Crippen molar-refractivity contribution >= 4 is 23.2 Å². The monoisotopic (exact) mass is 438 g/mol. The van der Waals surface area contributed by atoms with Crippen molar-refractivity contribution in [1.29, 1.82) is 0 Å². The molecule has 2 aromatic rings. The highest BCUT2D eigenvalue weighted by Crippen LogP contribution is 2.40. The summed E-state index contributed by atoms with van der Waals surface area (Å²) in [4.78, 5) is 27.4. The molecule has 0 atom stereocenters. The quantitative estimate of drug-likeness (QED) is 0.663. The third kappa shape index (κ3) is 4.24. The first-order chi connectivity index (χ1) is 15.5. The molecule has 0 aliphatic carbocycles. The van der Waals surface area contributed by atoms with Crippen molar-refractivity contribution in [3.05, 3.63) is 41.0 Å². The fourth-order valence-electron chi connectivity index (χ4n) is 4.45. The van der Waals surface area contributed by atoms with Crippen LogP contribution in [0.1, 0.15) is 55.1 Å². The molecule has 4 rings (SSSR count). The van der Waals surface area contributed by atoms with E-state index in [4.69, 9.17) is 14.2 Å². The zero-order chi connectivity index (χ0) is 22.7. The van der Waals surface area contributed by atoms with Crippen molar-refractivity contribution in [1.82, 2.24) is 0 Å². The van der Waals surface area contributed by atoms with Crippen LogP contribution in [0.5, 0.6) is 17.2 Å². The Balaban J connectivity index is 1.65. The van der Waals surface area contributed by atoms with E-state index in [1.54, 1.807) is 12.1 Å². The van der Waals surface area contributed by atoms with Gasteiger partial charge in [0.15, 0.2) is 11.5 Å². The Hall–Kier alpha value is -3.22. The summed E-state index contributed by atoms with van der Waals surface area (Å²) < 4.78 is 17.2. The molecule has 2 aliphatic rings. The number of hydrogen-bond acceptors (Lipinski definition) is 5. The number of amides is 2. The number of nitrogens with one attached hydrogen (secondary N) is 1. The molecule has 0 saturated heterocycles. The first-order valence-electron chi connectivity index (χ1n) is 11.4. The Morgan fingerprint density at radius 3 is 2.16 bits per heavy atom. The number of carbonyl (C=O) groups excluding carboxylic acids is 2. The number of rotatable bonds is 8. The Morgan fingerprint density at radius 1 is 0.906 bits per heavy atom. The molecular formula is C25H30N2O5. The van der Waals surface area contributed by atoms with Crippen LogP contribution in [0, 0.1) is 0 Å². The summed E-state index contributed by atoms with van der Waals surface area (Å²) in [5, 5.41) is 3.03. The van der Waals surface area contributed by atoms with E-state index in [0.29, 0.717) is 55.5 Å². The van der Waals surface area contributed by atoms with Crippen LogP contribution in [0.2, 0.25) is 0 Å². The Kier molecular flexibility index (Phi) is 6.53. The largest absolute Gasteiger partial charge is 0.490 e. The minimum absolute atomic E-state index is 0.191. The van der Waals surface area contributed by atoms with Crippen LogP contribution in [0.3, 0.4) is 0 Å². The summed E-state index contributed by atoms with van der Waals surface area (Å²) in [6.45, 7) is 7.79. The zero-order valence-electron chi connectivity index (χ0n) is 19.0. The van der Waals surface area contributed by atoms with Gasteiger partial charge in [0.25, 0.3) is 5.91 Å². The smallest absolute Gasteiger partial charge is 0.255 e. The topological polar surface area (TPSA) is 77.1 Å². The van der Waals surface area contributed by atoms with Crippen LogP contribution >= 0.6 is 0 Å². The molecule has 2 amide bonds. The molecule has 0 radical (unpaired) electrons. The molecule has 170 valence electrons. The Labute approximate surface area is 188 Å². The van der Waals surface area contributed by atoms with E-state index >= 15 is 0 Å². The van der Waals surface area contributed by atoms with Gasteiger partial charge >= 0.3 is 0 Å². The molecule has 7 nitrogen and oxygen atoms in total. The van der Waals surface area contributed by atoms with Gasteiger partial charge in [-0.2, -0.15) is 0 Å². The van der Waals surface area contributed by atoms with Crippen LogP contribution in [-0.4, -0.2) is 38.2 Å². The maximum absolute atomic E-state index is 13.2. The molecule has 0 unspecified atom stereocenters. The van der Waals surface area contributed by atoms with E-state index in [1.165, 1.54) is 0 Å². The van der Waals surface area contributed by atoms with E-state index in [-0.39, 0.29) is 11.8 Å². The van der Waals surface area contributed by atoms with Crippen LogP contribution in [-0.2, 0) is 17.6 Å². The molecule has 0 fully saturated rings. The minimum atomic E-state index is -0.248. The van der Waals surface area contributed by atoms with Crippen LogP contribution < -0.4 is 24.4 Å². The second kappa shape index (κ2) is 9.51. The zero-order valence-corrected chi connectivity index (χ0v) is 19.0. The number of aryl methyl sites for hydroxylation is 2. The lowest BCUT2D eigenvalue weighted by molar-refractivity contribution is -0.119. The molecular weight excluding hydrogens is 408 g/mol. The Morgan fingerprint density at radius 2 is 1.53 bits per heavy atom. The first-order valence-corrected chi connectivity index (χ1v) is 11.4. The van der Waals surface area contributed by atoms with Crippen molar-refractivity contribution in [2.45, 2.75) is 46.5 Å². The maximum Gasteiger partial charge on any atom is 0.255 e. The Bertz CT molecular complexity index is 989. The van der Waals surface area contributed by atoms with Gasteiger partial charge in [-0.15, -0.1) is 0 Å². The van der Waals surface area contributed by atoms with Crippen molar-refractivity contribution < 1.29 is 23.8 Å². The molecule has 2 heterocycles. The van der Waals surface area contributed by atoms with Crippen LogP contribution in [0.25, 0.3) is 0 Å². The summed E-state index contributed by atoms with van der Waals surface area (Å²) >= 11 is 0. The number of anilines is 2. The lowest BCUT2D eigenvalue weighted by atomic mass is 9.91. The van der Waals surface area contributed by atoms with E-state index in [9.17, 15) is 9.59 Å². The van der Waals surface area contributed by atoms with Gasteiger partial charge in [0.1, 0.15) is 0 Å². The summed E-state index contributed by atoms with van der Waals surface area (Å²) in [5.74, 6) is 1.43. The molecule has 0 aromatic heterocycles. The molecule has 0 spiro atoms.